The smallest absolute Gasteiger partial charge is 0.0493 e. The summed E-state index contributed by atoms with van der Waals surface area (Å²) in [6, 6.07) is 14.9. The van der Waals surface area contributed by atoms with Gasteiger partial charge in [-0.05, 0) is 73.4 Å². The van der Waals surface area contributed by atoms with Crippen molar-refractivity contribution in [3.8, 4) is 9.75 Å². The van der Waals surface area contributed by atoms with Crippen molar-refractivity contribution in [3.63, 3.8) is 0 Å². The number of rotatable bonds is 12. The van der Waals surface area contributed by atoms with Crippen LogP contribution in [-0.2, 0) is 11.8 Å². The number of fused-ring (bicyclic) bond motifs is 3. The maximum atomic E-state index is 2.52. The molecule has 1 atom stereocenters. The minimum absolute atomic E-state index is 0.0232. The molecule has 0 N–H and O–H groups in total. The minimum Gasteiger partial charge on any atom is -0.139 e. The van der Waals surface area contributed by atoms with E-state index in [0.29, 0.717) is 0 Å². The number of unbranched alkanes of at least 4 members (excludes halogenated alkanes) is 4. The Hall–Kier alpha value is -1.38. The summed E-state index contributed by atoms with van der Waals surface area (Å²) in [4.78, 5) is 6.01. The average Bonchev–Trinajstić information content (AvgIpc) is 3.45. The zero-order valence-electron chi connectivity index (χ0n) is 21.4. The molecular weight excluding hydrogens is 436 g/mol. The van der Waals surface area contributed by atoms with E-state index in [1.165, 1.54) is 85.1 Å². The van der Waals surface area contributed by atoms with Gasteiger partial charge in [-0.2, -0.15) is 0 Å². The Labute approximate surface area is 210 Å². The highest BCUT2D eigenvalue weighted by atomic mass is 32.1. The number of hydrogen-bond donors (Lipinski definition) is 0. The van der Waals surface area contributed by atoms with E-state index in [9.17, 15) is 0 Å². The lowest BCUT2D eigenvalue weighted by Crippen LogP contribution is -2.29. The molecule has 3 aromatic rings. The number of aryl methyl sites for hydroxylation is 3. The molecule has 1 aromatic carbocycles. The maximum Gasteiger partial charge on any atom is 0.0493 e. The van der Waals surface area contributed by atoms with Crippen molar-refractivity contribution in [3.05, 3.63) is 68.4 Å². The molecule has 33 heavy (non-hydrogen) atoms. The molecule has 178 valence electrons. The third kappa shape index (κ3) is 4.89. The zero-order chi connectivity index (χ0) is 23.4. The molecule has 0 nitrogen and oxygen atoms in total. The van der Waals surface area contributed by atoms with Gasteiger partial charge in [-0.15, -0.1) is 22.7 Å². The molecule has 1 unspecified atom stereocenters. The molecule has 0 bridgehead atoms. The van der Waals surface area contributed by atoms with E-state index in [1.54, 1.807) is 20.9 Å². The van der Waals surface area contributed by atoms with Crippen LogP contribution in [0.3, 0.4) is 0 Å². The van der Waals surface area contributed by atoms with Gasteiger partial charge in [0.25, 0.3) is 0 Å². The first-order valence-electron chi connectivity index (χ1n) is 13.3. The lowest BCUT2D eigenvalue weighted by atomic mass is 9.67. The molecule has 1 aliphatic carbocycles. The van der Waals surface area contributed by atoms with E-state index < -0.39 is 0 Å². The first-order chi connectivity index (χ1) is 16.0. The molecular formula is C31H42S2. The molecule has 4 rings (SSSR count). The molecule has 2 aromatic heterocycles. The molecule has 1 aliphatic rings. The van der Waals surface area contributed by atoms with E-state index in [0.717, 1.165) is 5.92 Å². The van der Waals surface area contributed by atoms with Crippen LogP contribution in [-0.4, -0.2) is 0 Å². The van der Waals surface area contributed by atoms with Gasteiger partial charge in [0.1, 0.15) is 0 Å². The lowest BCUT2D eigenvalue weighted by Gasteiger charge is -2.35. The van der Waals surface area contributed by atoms with Gasteiger partial charge >= 0.3 is 0 Å². The Balaban J connectivity index is 1.76. The number of benzene rings is 1. The predicted octanol–water partition coefficient (Wildman–Crippen LogP) is 10.5. The van der Waals surface area contributed by atoms with Crippen molar-refractivity contribution in [1.29, 1.82) is 0 Å². The molecule has 0 radical (unpaired) electrons. The Kier molecular flexibility index (Phi) is 8.18. The van der Waals surface area contributed by atoms with Crippen LogP contribution in [0.2, 0.25) is 0 Å². The van der Waals surface area contributed by atoms with Crippen LogP contribution in [0.4, 0.5) is 0 Å². The summed E-state index contributed by atoms with van der Waals surface area (Å²) >= 11 is 4.02. The highest BCUT2D eigenvalue weighted by Crippen LogP contribution is 2.60. The molecule has 2 heterocycles. The molecule has 0 saturated carbocycles. The molecule has 2 heteroatoms. The third-order valence-electron chi connectivity index (χ3n) is 7.74. The summed E-state index contributed by atoms with van der Waals surface area (Å²) in [5, 5.41) is 0. The minimum atomic E-state index is 0.0232. The lowest BCUT2D eigenvalue weighted by molar-refractivity contribution is 0.363. The summed E-state index contributed by atoms with van der Waals surface area (Å²) < 4.78 is 0. The average molecular weight is 479 g/mol. The van der Waals surface area contributed by atoms with Crippen LogP contribution < -0.4 is 0 Å². The quantitative estimate of drug-likeness (QED) is 0.227. The van der Waals surface area contributed by atoms with Crippen LogP contribution >= 0.6 is 22.7 Å². The first kappa shape index (κ1) is 24.7. The van der Waals surface area contributed by atoms with Gasteiger partial charge in [-0.25, -0.2) is 0 Å². The van der Waals surface area contributed by atoms with Gasteiger partial charge in [-0.1, -0.05) is 90.0 Å². The second kappa shape index (κ2) is 10.9. The van der Waals surface area contributed by atoms with E-state index in [2.05, 4.69) is 71.0 Å². The highest BCUT2D eigenvalue weighted by molar-refractivity contribution is 7.22. The van der Waals surface area contributed by atoms with Crippen molar-refractivity contribution >= 4 is 22.7 Å². The first-order valence-corrected chi connectivity index (χ1v) is 15.0. The van der Waals surface area contributed by atoms with E-state index in [1.807, 2.05) is 22.7 Å². The van der Waals surface area contributed by atoms with Gasteiger partial charge in [0.2, 0.25) is 0 Å². The zero-order valence-corrected chi connectivity index (χ0v) is 23.1. The van der Waals surface area contributed by atoms with Gasteiger partial charge in [0.05, 0.1) is 0 Å². The second-order valence-corrected chi connectivity index (χ2v) is 12.7. The summed E-state index contributed by atoms with van der Waals surface area (Å²) in [5.74, 6) is 0.762. The molecule has 0 fully saturated rings. The fraction of sp³-hybridized carbons (Fsp3) is 0.548. The van der Waals surface area contributed by atoms with E-state index in [-0.39, 0.29) is 5.41 Å². The van der Waals surface area contributed by atoms with Crippen molar-refractivity contribution < 1.29 is 0 Å². The topological polar surface area (TPSA) is 0 Å². The molecule has 0 spiro atoms. The second-order valence-electron chi connectivity index (χ2n) is 10.2. The maximum absolute atomic E-state index is 2.52. The predicted molar refractivity (Wildman–Crippen MR) is 149 cm³/mol. The largest absolute Gasteiger partial charge is 0.139 e. The van der Waals surface area contributed by atoms with Crippen molar-refractivity contribution in [2.45, 2.75) is 104 Å². The number of thiophene rings is 2. The summed E-state index contributed by atoms with van der Waals surface area (Å²) in [6.45, 7) is 11.6. The van der Waals surface area contributed by atoms with Gasteiger partial charge < -0.3 is 0 Å². The summed E-state index contributed by atoms with van der Waals surface area (Å²) in [6.07, 6.45) is 13.1. The Morgan fingerprint density at radius 2 is 1.36 bits per heavy atom. The standard InChI is InChI=1S/C31H42S2/c1-6-9-11-12-14-25-15-17-26(18-16-25)31(21-24(8-3)13-10-7-2)27-19-22(4)32-29(27)30-28(31)20-23(5)33-30/h15-20,24H,6-14,21H2,1-5H3. The Morgan fingerprint density at radius 3 is 1.91 bits per heavy atom. The Morgan fingerprint density at radius 1 is 0.758 bits per heavy atom. The van der Waals surface area contributed by atoms with Crippen LogP contribution in [0.25, 0.3) is 9.75 Å². The normalized spacial score (nSPS) is 14.9. The summed E-state index contributed by atoms with van der Waals surface area (Å²) in [5.41, 5.74) is 6.23. The van der Waals surface area contributed by atoms with Gasteiger partial charge in [-0.3, -0.25) is 0 Å². The van der Waals surface area contributed by atoms with E-state index in [4.69, 9.17) is 0 Å². The van der Waals surface area contributed by atoms with Gasteiger partial charge in [0, 0.05) is 24.9 Å². The SMILES string of the molecule is CCCCCCc1ccc(C2(CC(CC)CCCC)c3cc(C)sc3-c3sc(C)cc32)cc1. The van der Waals surface area contributed by atoms with Crippen LogP contribution in [0, 0.1) is 19.8 Å². The Bertz CT molecular complexity index is 987. The molecule has 0 saturated heterocycles. The molecule has 0 amide bonds. The molecule has 0 aliphatic heterocycles. The monoisotopic (exact) mass is 478 g/mol. The fourth-order valence-electron chi connectivity index (χ4n) is 5.88. The number of hydrogen-bond acceptors (Lipinski definition) is 2. The van der Waals surface area contributed by atoms with Crippen molar-refractivity contribution in [2.24, 2.45) is 5.92 Å². The van der Waals surface area contributed by atoms with Gasteiger partial charge in [0.15, 0.2) is 0 Å². The van der Waals surface area contributed by atoms with Crippen molar-refractivity contribution in [1.82, 2.24) is 0 Å². The van der Waals surface area contributed by atoms with Crippen molar-refractivity contribution in [2.75, 3.05) is 0 Å². The van der Waals surface area contributed by atoms with E-state index >= 15 is 0 Å². The summed E-state index contributed by atoms with van der Waals surface area (Å²) in [7, 11) is 0. The third-order valence-corrected chi connectivity index (χ3v) is 10.0. The van der Waals surface area contributed by atoms with Crippen LogP contribution in [0.15, 0.2) is 36.4 Å². The highest BCUT2D eigenvalue weighted by Gasteiger charge is 2.47. The van der Waals surface area contributed by atoms with Crippen LogP contribution in [0.1, 0.15) is 111 Å². The fourth-order valence-corrected chi connectivity index (χ4v) is 8.22. The van der Waals surface area contributed by atoms with Crippen LogP contribution in [0.5, 0.6) is 0 Å².